The largest absolute Gasteiger partial charge is 0.447 e. The van der Waals surface area contributed by atoms with Crippen LogP contribution in [0.2, 0.25) is 5.02 Å². The van der Waals surface area contributed by atoms with Crippen LogP contribution in [-0.4, -0.2) is 95.4 Å². The van der Waals surface area contributed by atoms with Crippen LogP contribution in [0.5, 0.6) is 0 Å². The number of rotatable bonds is 13. The number of guanidine groups is 1. The van der Waals surface area contributed by atoms with Gasteiger partial charge in [-0.15, -0.1) is 0 Å². The van der Waals surface area contributed by atoms with E-state index in [0.717, 1.165) is 36.0 Å². The predicted molar refractivity (Wildman–Crippen MR) is 194 cm³/mol. The molecule has 6 rings (SSSR count). The Labute approximate surface area is 325 Å². The van der Waals surface area contributed by atoms with Gasteiger partial charge in [0.2, 0.25) is 0 Å². The Morgan fingerprint density at radius 1 is 1.09 bits per heavy atom. The van der Waals surface area contributed by atoms with Crippen molar-refractivity contribution in [3.8, 4) is 22.5 Å². The normalized spacial score (nSPS) is 21.4. The lowest BCUT2D eigenvalue weighted by molar-refractivity contribution is -0.135. The Balaban J connectivity index is 1.42. The molecular formula is C34H31B3ClF6N9O3. The number of carbonyl (C=O) groups excluding carboxylic acids is 2. The third-order valence-electron chi connectivity index (χ3n) is 9.80. The second-order valence-electron chi connectivity index (χ2n) is 14.6. The molecule has 288 valence electrons. The van der Waals surface area contributed by atoms with Gasteiger partial charge in [0, 0.05) is 29.2 Å². The molecule has 0 saturated heterocycles. The first-order valence-corrected chi connectivity index (χ1v) is 17.2. The van der Waals surface area contributed by atoms with Crippen LogP contribution in [-0.2, 0) is 20.3 Å². The fourth-order valence-electron chi connectivity index (χ4n) is 6.36. The van der Waals surface area contributed by atoms with E-state index in [-0.39, 0.29) is 27.5 Å². The molecule has 2 aromatic carbocycles. The molecule has 0 unspecified atom stereocenters. The minimum absolute atomic E-state index is 0.0227. The zero-order valence-corrected chi connectivity index (χ0v) is 30.7. The summed E-state index contributed by atoms with van der Waals surface area (Å²) in [6.07, 6.45) is -1.87. The van der Waals surface area contributed by atoms with E-state index in [1.165, 1.54) is 55.6 Å². The van der Waals surface area contributed by atoms with E-state index in [4.69, 9.17) is 45.6 Å². The van der Waals surface area contributed by atoms with Gasteiger partial charge in [0.15, 0.2) is 17.3 Å². The molecule has 0 spiro atoms. The Hall–Kier alpha value is -4.94. The first-order chi connectivity index (χ1) is 26.0. The summed E-state index contributed by atoms with van der Waals surface area (Å²) in [6.45, 7) is -0.169. The standard InChI is InChI=1S/C34H31B3ClF6N9O3/c1-30(2,25(39)40)49-29(55)56-13-23(18-6-9-22(38)21(10-18)24-46-16-52(50-24)34(35,36)37)53-26(54)32(48-28(53)45,14-31(3)15-33(31,43)44)20-7-4-17(5-8-20)19-11-47-51(12-19)27(41)42/h4-12,16,23,25,27H,13-15H2,1-3H3,(H2,45,48)(H,49,55)/t23-,31+,32-/m1/s1. The van der Waals surface area contributed by atoms with E-state index in [9.17, 15) is 35.9 Å². The molecule has 1 aliphatic carbocycles. The Bertz CT molecular complexity index is 2180. The fraction of sp³-hybridized carbons (Fsp3) is 0.412. The second kappa shape index (κ2) is 14.2. The van der Waals surface area contributed by atoms with Gasteiger partial charge in [-0.05, 0) is 54.3 Å². The number of nitrogens with zero attached hydrogens (tertiary/aromatic N) is 7. The van der Waals surface area contributed by atoms with Crippen LogP contribution in [0.15, 0.2) is 66.2 Å². The third kappa shape index (κ3) is 7.61. The number of nitrogens with two attached hydrogens (primary N) is 1. The maximum atomic E-state index is 14.9. The zero-order valence-electron chi connectivity index (χ0n) is 29.9. The van der Waals surface area contributed by atoms with Crippen LogP contribution in [0.25, 0.3) is 22.5 Å². The number of aromatic nitrogens is 5. The van der Waals surface area contributed by atoms with Crippen molar-refractivity contribution in [2.24, 2.45) is 16.1 Å². The third-order valence-corrected chi connectivity index (χ3v) is 10.1. The number of alkyl carbamates (subject to hydrolysis) is 1. The SMILES string of the molecule is [B]C([B])([B])n1cnc(-c2cc([C@@H](COC(=O)NC(C)(C)C(F)F)N3C(=O)[C@@](C[C@@]4(C)CC4(F)F)(c4ccc(-c5cnn(C(F)F)c5)cc4)N=C3N)ccc2Cl)n1. The zero-order chi connectivity index (χ0) is 41.2. The average Bonchev–Trinajstić information content (AvgIpc) is 3.65. The number of hydrogen-bond acceptors (Lipinski definition) is 8. The summed E-state index contributed by atoms with van der Waals surface area (Å²) in [5, 5.41) is 8.03. The number of aliphatic imine (C=N–C) groups is 1. The lowest BCUT2D eigenvalue weighted by Gasteiger charge is -2.33. The van der Waals surface area contributed by atoms with E-state index in [2.05, 4.69) is 25.5 Å². The lowest BCUT2D eigenvalue weighted by Crippen LogP contribution is -2.50. The molecule has 2 aliphatic rings. The summed E-state index contributed by atoms with van der Waals surface area (Å²) in [5.41, 5.74) is 1.92. The van der Waals surface area contributed by atoms with Crippen LogP contribution in [0, 0.1) is 5.41 Å². The lowest BCUT2D eigenvalue weighted by atomic mass is 9.49. The molecule has 12 nitrogen and oxygen atoms in total. The molecule has 4 aromatic rings. The van der Waals surface area contributed by atoms with Gasteiger partial charge in [-0.2, -0.15) is 19.0 Å². The Morgan fingerprint density at radius 2 is 1.75 bits per heavy atom. The molecule has 2 aromatic heterocycles. The molecule has 3 heterocycles. The molecule has 56 heavy (non-hydrogen) atoms. The number of amides is 2. The smallest absolute Gasteiger partial charge is 0.407 e. The molecule has 1 fully saturated rings. The van der Waals surface area contributed by atoms with E-state index in [1.807, 2.05) is 0 Å². The summed E-state index contributed by atoms with van der Waals surface area (Å²) in [4.78, 5) is 37.5. The number of nitrogens with one attached hydrogen (secondary N) is 1. The van der Waals surface area contributed by atoms with Gasteiger partial charge in [0.25, 0.3) is 18.3 Å². The maximum absolute atomic E-state index is 14.9. The fourth-order valence-corrected chi connectivity index (χ4v) is 6.57. The van der Waals surface area contributed by atoms with Gasteiger partial charge in [0.1, 0.15) is 12.9 Å². The molecule has 6 radical (unpaired) electrons. The molecule has 3 N–H and O–H groups in total. The molecule has 1 saturated carbocycles. The Kier molecular flexibility index (Phi) is 10.3. The molecule has 1 aliphatic heterocycles. The summed E-state index contributed by atoms with van der Waals surface area (Å²) < 4.78 is 90.2. The molecule has 3 atom stereocenters. The van der Waals surface area contributed by atoms with Gasteiger partial charge in [-0.3, -0.25) is 14.4 Å². The van der Waals surface area contributed by atoms with Crippen LogP contribution in [0.1, 0.15) is 57.3 Å². The second-order valence-corrected chi connectivity index (χ2v) is 15.0. The number of carbonyl (C=O) groups is 2. The first kappa shape index (κ1) is 40.7. The quantitative estimate of drug-likeness (QED) is 0.139. The van der Waals surface area contributed by atoms with Crippen LogP contribution < -0.4 is 11.1 Å². The summed E-state index contributed by atoms with van der Waals surface area (Å²) in [6, 6.07) is 8.76. The van der Waals surface area contributed by atoms with Crippen molar-refractivity contribution in [1.82, 2.24) is 34.8 Å². The minimum atomic E-state index is -3.16. The van der Waals surface area contributed by atoms with Crippen molar-refractivity contribution in [2.75, 3.05) is 6.61 Å². The molecule has 2 amide bonds. The average molecular weight is 796 g/mol. The van der Waals surface area contributed by atoms with E-state index < -0.39 is 84.1 Å². The summed E-state index contributed by atoms with van der Waals surface area (Å²) >= 11 is 6.52. The molecule has 22 heteroatoms. The highest BCUT2D eigenvalue weighted by atomic mass is 35.5. The van der Waals surface area contributed by atoms with E-state index >= 15 is 0 Å². The van der Waals surface area contributed by atoms with E-state index in [1.54, 1.807) is 0 Å². The van der Waals surface area contributed by atoms with Crippen LogP contribution >= 0.6 is 11.6 Å². The number of alkyl halides is 6. The van der Waals surface area contributed by atoms with Crippen molar-refractivity contribution in [3.63, 3.8) is 0 Å². The van der Waals surface area contributed by atoms with Crippen molar-refractivity contribution < 1.29 is 40.7 Å². The van der Waals surface area contributed by atoms with Gasteiger partial charge < -0.3 is 15.8 Å². The monoisotopic (exact) mass is 795 g/mol. The highest BCUT2D eigenvalue weighted by molar-refractivity contribution is 6.56. The van der Waals surface area contributed by atoms with Crippen molar-refractivity contribution in [1.29, 1.82) is 0 Å². The summed E-state index contributed by atoms with van der Waals surface area (Å²) in [7, 11) is 17.2. The van der Waals surface area contributed by atoms with Gasteiger partial charge in [-0.1, -0.05) is 48.9 Å². The van der Waals surface area contributed by atoms with Crippen molar-refractivity contribution in [2.45, 2.75) is 74.9 Å². The molecule has 0 bridgehead atoms. The first-order valence-electron chi connectivity index (χ1n) is 16.8. The number of hydrogen-bond donors (Lipinski definition) is 2. The van der Waals surface area contributed by atoms with Gasteiger partial charge >= 0.3 is 12.6 Å². The van der Waals surface area contributed by atoms with Gasteiger partial charge in [0.05, 0.1) is 46.3 Å². The highest BCUT2D eigenvalue weighted by Gasteiger charge is 2.71. The predicted octanol–water partition coefficient (Wildman–Crippen LogP) is 5.23. The number of benzene rings is 2. The number of ether oxygens (including phenoxy) is 1. The minimum Gasteiger partial charge on any atom is -0.447 e. The number of halogens is 7. The van der Waals surface area contributed by atoms with Crippen LogP contribution in [0.4, 0.5) is 31.1 Å². The Morgan fingerprint density at radius 3 is 2.30 bits per heavy atom. The van der Waals surface area contributed by atoms with Crippen molar-refractivity contribution >= 4 is 53.1 Å². The van der Waals surface area contributed by atoms with Crippen LogP contribution in [0.3, 0.4) is 0 Å². The molecular weight excluding hydrogens is 764 g/mol. The highest BCUT2D eigenvalue weighted by Crippen LogP contribution is 2.66. The summed E-state index contributed by atoms with van der Waals surface area (Å²) in [5.74, 6) is -4.53. The van der Waals surface area contributed by atoms with Gasteiger partial charge in [-0.25, -0.2) is 37.0 Å². The van der Waals surface area contributed by atoms with Crippen molar-refractivity contribution in [3.05, 3.63) is 77.3 Å². The topological polar surface area (TPSA) is 146 Å². The van der Waals surface area contributed by atoms with E-state index in [0.29, 0.717) is 15.8 Å². The maximum Gasteiger partial charge on any atom is 0.407 e.